The van der Waals surface area contributed by atoms with E-state index in [1.807, 2.05) is 6.07 Å². The average molecular weight is 475 g/mol. The standard InChI is InChI=1S/C21H19BrN2O4S/c1-24(17-6-4-3-5-7-17)29(26,27)18-11-9-16(10-12-18)23-21(25)19-14-15(22)8-13-20(19)28-2/h3-14H,1-2H3,(H,23,25). The molecule has 3 aromatic carbocycles. The van der Waals surface area contributed by atoms with Crippen LogP contribution in [0.4, 0.5) is 11.4 Å². The van der Waals surface area contributed by atoms with E-state index in [0.29, 0.717) is 22.7 Å². The minimum absolute atomic E-state index is 0.127. The van der Waals surface area contributed by atoms with E-state index >= 15 is 0 Å². The van der Waals surface area contributed by atoms with Crippen LogP contribution < -0.4 is 14.4 Å². The first-order valence-corrected chi connectivity index (χ1v) is 10.8. The molecule has 0 aliphatic carbocycles. The summed E-state index contributed by atoms with van der Waals surface area (Å²) in [6.45, 7) is 0. The highest BCUT2D eigenvalue weighted by molar-refractivity contribution is 9.10. The zero-order valence-corrected chi connectivity index (χ0v) is 18.2. The van der Waals surface area contributed by atoms with E-state index in [-0.39, 0.29) is 10.8 Å². The molecular weight excluding hydrogens is 456 g/mol. The lowest BCUT2D eigenvalue weighted by Crippen LogP contribution is -2.26. The van der Waals surface area contributed by atoms with Crippen LogP contribution in [0.15, 0.2) is 82.2 Å². The number of methoxy groups -OCH3 is 1. The van der Waals surface area contributed by atoms with Crippen LogP contribution in [0, 0.1) is 0 Å². The van der Waals surface area contributed by atoms with Crippen molar-refractivity contribution in [1.29, 1.82) is 0 Å². The van der Waals surface area contributed by atoms with Crippen molar-refractivity contribution in [2.45, 2.75) is 4.90 Å². The van der Waals surface area contributed by atoms with Gasteiger partial charge in [-0.05, 0) is 54.6 Å². The molecule has 0 heterocycles. The number of benzene rings is 3. The Labute approximate surface area is 178 Å². The Hall–Kier alpha value is -2.84. The number of ether oxygens (including phenoxy) is 1. The van der Waals surface area contributed by atoms with Crippen molar-refractivity contribution in [2.75, 3.05) is 23.8 Å². The third-order valence-corrected chi connectivity index (χ3v) is 6.59. The van der Waals surface area contributed by atoms with Crippen molar-refractivity contribution in [3.05, 3.63) is 82.8 Å². The zero-order chi connectivity index (χ0) is 21.0. The van der Waals surface area contributed by atoms with E-state index in [1.54, 1.807) is 54.6 Å². The molecule has 0 atom stereocenters. The molecule has 0 radical (unpaired) electrons. The molecule has 0 spiro atoms. The summed E-state index contributed by atoms with van der Waals surface area (Å²) in [5.41, 5.74) is 1.40. The second-order valence-corrected chi connectivity index (χ2v) is 9.02. The van der Waals surface area contributed by atoms with Crippen LogP contribution in [-0.2, 0) is 10.0 Å². The van der Waals surface area contributed by atoms with Crippen LogP contribution in [-0.4, -0.2) is 28.5 Å². The van der Waals surface area contributed by atoms with Crippen LogP contribution in [0.3, 0.4) is 0 Å². The summed E-state index contributed by atoms with van der Waals surface area (Å²) in [4.78, 5) is 12.7. The molecule has 0 fully saturated rings. The van der Waals surface area contributed by atoms with Crippen molar-refractivity contribution in [3.63, 3.8) is 0 Å². The van der Waals surface area contributed by atoms with Crippen molar-refractivity contribution < 1.29 is 17.9 Å². The summed E-state index contributed by atoms with van der Waals surface area (Å²) in [6, 6.07) is 19.9. The molecule has 0 unspecified atom stereocenters. The summed E-state index contributed by atoms with van der Waals surface area (Å²) in [5.74, 6) is 0.0783. The van der Waals surface area contributed by atoms with Gasteiger partial charge in [-0.1, -0.05) is 34.1 Å². The molecule has 29 heavy (non-hydrogen) atoms. The predicted octanol–water partition coefficient (Wildman–Crippen LogP) is 4.54. The van der Waals surface area contributed by atoms with Gasteiger partial charge in [-0.25, -0.2) is 8.42 Å². The van der Waals surface area contributed by atoms with E-state index < -0.39 is 10.0 Å². The second-order valence-electron chi connectivity index (χ2n) is 6.13. The molecule has 8 heteroatoms. The largest absolute Gasteiger partial charge is 0.496 e. The number of para-hydroxylation sites is 1. The molecule has 0 aliphatic heterocycles. The van der Waals surface area contributed by atoms with Gasteiger partial charge in [0.15, 0.2) is 0 Å². The zero-order valence-electron chi connectivity index (χ0n) is 15.8. The van der Waals surface area contributed by atoms with E-state index in [0.717, 1.165) is 4.47 Å². The molecule has 0 aromatic heterocycles. The molecule has 0 bridgehead atoms. The summed E-state index contributed by atoms with van der Waals surface area (Å²) in [6.07, 6.45) is 0. The molecule has 150 valence electrons. The lowest BCUT2D eigenvalue weighted by atomic mass is 10.2. The number of nitrogens with one attached hydrogen (secondary N) is 1. The Morgan fingerprint density at radius 1 is 1.00 bits per heavy atom. The first kappa shape index (κ1) is 20.9. The highest BCUT2D eigenvalue weighted by Crippen LogP contribution is 2.25. The molecule has 3 aromatic rings. The lowest BCUT2D eigenvalue weighted by molar-refractivity contribution is 0.102. The van der Waals surface area contributed by atoms with Gasteiger partial charge in [0, 0.05) is 17.2 Å². The fraction of sp³-hybridized carbons (Fsp3) is 0.0952. The van der Waals surface area contributed by atoms with E-state index in [1.165, 1.54) is 30.6 Å². The summed E-state index contributed by atoms with van der Waals surface area (Å²) in [5, 5.41) is 2.75. The fourth-order valence-electron chi connectivity index (χ4n) is 2.70. The summed E-state index contributed by atoms with van der Waals surface area (Å²) < 4.78 is 32.8. The van der Waals surface area contributed by atoms with Crippen LogP contribution in [0.5, 0.6) is 5.75 Å². The number of nitrogens with zero attached hydrogens (tertiary/aromatic N) is 1. The van der Waals surface area contributed by atoms with Crippen molar-refractivity contribution >= 4 is 43.2 Å². The van der Waals surface area contributed by atoms with Crippen LogP contribution in [0.2, 0.25) is 0 Å². The molecule has 1 N–H and O–H groups in total. The van der Waals surface area contributed by atoms with Crippen LogP contribution >= 0.6 is 15.9 Å². The Morgan fingerprint density at radius 3 is 2.28 bits per heavy atom. The summed E-state index contributed by atoms with van der Waals surface area (Å²) >= 11 is 3.34. The molecule has 1 amide bonds. The monoisotopic (exact) mass is 474 g/mol. The predicted molar refractivity (Wildman–Crippen MR) is 117 cm³/mol. The number of sulfonamides is 1. The number of anilines is 2. The lowest BCUT2D eigenvalue weighted by Gasteiger charge is -2.19. The van der Waals surface area contributed by atoms with Gasteiger partial charge in [0.05, 0.1) is 23.3 Å². The third-order valence-electron chi connectivity index (χ3n) is 4.30. The Morgan fingerprint density at radius 2 is 1.66 bits per heavy atom. The smallest absolute Gasteiger partial charge is 0.264 e. The minimum atomic E-state index is -3.71. The number of halogens is 1. The maximum absolute atomic E-state index is 12.8. The second kappa shape index (κ2) is 8.67. The molecule has 0 aliphatic rings. The van der Waals surface area contributed by atoms with Gasteiger partial charge in [-0.2, -0.15) is 0 Å². The minimum Gasteiger partial charge on any atom is -0.496 e. The quantitative estimate of drug-likeness (QED) is 0.568. The maximum Gasteiger partial charge on any atom is 0.264 e. The Balaban J connectivity index is 1.80. The topological polar surface area (TPSA) is 75.7 Å². The van der Waals surface area contributed by atoms with Gasteiger partial charge in [0.25, 0.3) is 15.9 Å². The molecule has 6 nitrogen and oxygen atoms in total. The Kier molecular flexibility index (Phi) is 6.24. The average Bonchev–Trinajstić information content (AvgIpc) is 2.74. The van der Waals surface area contributed by atoms with Crippen molar-refractivity contribution in [2.24, 2.45) is 0 Å². The van der Waals surface area contributed by atoms with Crippen molar-refractivity contribution in [1.82, 2.24) is 0 Å². The highest BCUT2D eigenvalue weighted by Gasteiger charge is 2.21. The molecule has 0 saturated heterocycles. The SMILES string of the molecule is COc1ccc(Br)cc1C(=O)Nc1ccc(S(=O)(=O)N(C)c2ccccc2)cc1. The van der Waals surface area contributed by atoms with E-state index in [9.17, 15) is 13.2 Å². The van der Waals surface area contributed by atoms with Gasteiger partial charge >= 0.3 is 0 Å². The molecule has 3 rings (SSSR count). The molecular formula is C21H19BrN2O4S. The van der Waals surface area contributed by atoms with Gasteiger partial charge in [-0.15, -0.1) is 0 Å². The first-order chi connectivity index (χ1) is 13.8. The van der Waals surface area contributed by atoms with Gasteiger partial charge in [-0.3, -0.25) is 9.10 Å². The molecule has 0 saturated carbocycles. The number of carbonyl (C=O) groups excluding carboxylic acids is 1. The first-order valence-electron chi connectivity index (χ1n) is 8.62. The number of hydrogen-bond acceptors (Lipinski definition) is 4. The normalized spacial score (nSPS) is 11.0. The van der Waals surface area contributed by atoms with Crippen LogP contribution in [0.1, 0.15) is 10.4 Å². The fourth-order valence-corrected chi connectivity index (χ4v) is 4.26. The van der Waals surface area contributed by atoms with Gasteiger partial charge in [0.1, 0.15) is 5.75 Å². The number of amides is 1. The number of rotatable bonds is 6. The van der Waals surface area contributed by atoms with E-state index in [2.05, 4.69) is 21.2 Å². The van der Waals surface area contributed by atoms with Gasteiger partial charge in [0.2, 0.25) is 0 Å². The number of hydrogen-bond donors (Lipinski definition) is 1. The van der Waals surface area contributed by atoms with Gasteiger partial charge < -0.3 is 10.1 Å². The van der Waals surface area contributed by atoms with Crippen molar-refractivity contribution in [3.8, 4) is 5.75 Å². The highest BCUT2D eigenvalue weighted by atomic mass is 79.9. The van der Waals surface area contributed by atoms with Crippen LogP contribution in [0.25, 0.3) is 0 Å². The maximum atomic E-state index is 12.8. The van der Waals surface area contributed by atoms with E-state index in [4.69, 9.17) is 4.74 Å². The summed E-state index contributed by atoms with van der Waals surface area (Å²) in [7, 11) is -0.722. The number of carbonyl (C=O) groups is 1. The third kappa shape index (κ3) is 4.60. The Bertz CT molecular complexity index is 1120.